The van der Waals surface area contributed by atoms with E-state index < -0.39 is 0 Å². The van der Waals surface area contributed by atoms with Crippen LogP contribution in [0.3, 0.4) is 0 Å². The zero-order chi connectivity index (χ0) is 10.5. The van der Waals surface area contributed by atoms with Gasteiger partial charge in [-0.1, -0.05) is 38.5 Å². The quantitative estimate of drug-likeness (QED) is 0.517. The fourth-order valence-electron chi connectivity index (χ4n) is 1.56. The molecule has 0 aliphatic carbocycles. The lowest BCUT2D eigenvalue weighted by Gasteiger charge is -2.01. The van der Waals surface area contributed by atoms with Crippen LogP contribution >= 0.6 is 0 Å². The molecule has 1 radical (unpaired) electrons. The number of unbranched alkanes of at least 4 members (excludes halogenated alkanes) is 8. The van der Waals surface area contributed by atoms with Gasteiger partial charge in [-0.2, -0.15) is 0 Å². The van der Waals surface area contributed by atoms with Crippen LogP contribution in [0.1, 0.15) is 57.8 Å². The van der Waals surface area contributed by atoms with E-state index in [1.165, 1.54) is 44.9 Å². The second-order valence-electron chi connectivity index (χ2n) is 3.83. The number of nitrogens with one attached hydrogen (secondary N) is 1. The lowest BCUT2D eigenvalue weighted by Crippen LogP contribution is -2.06. The molecule has 0 spiro atoms. The van der Waals surface area contributed by atoms with Crippen LogP contribution in [-0.4, -0.2) is 19.9 Å². The number of hydrogen-bond donors (Lipinski definition) is 1. The van der Waals surface area contributed by atoms with E-state index in [0.29, 0.717) is 6.42 Å². The smallest absolute Gasteiger partial charge is 0.198 e. The third kappa shape index (κ3) is 11.6. The van der Waals surface area contributed by atoms with Crippen molar-refractivity contribution in [3.63, 3.8) is 0 Å². The summed E-state index contributed by atoms with van der Waals surface area (Å²) >= 11 is 0. The second kappa shape index (κ2) is 12.6. The summed E-state index contributed by atoms with van der Waals surface area (Å²) in [5.41, 5.74) is 0. The Morgan fingerprint density at radius 3 is 1.86 bits per heavy atom. The number of rotatable bonds is 11. The SMILES string of the molecule is CNCCCCCCCCCC[C]=O. The number of hydrogen-bond acceptors (Lipinski definition) is 2. The minimum Gasteiger partial charge on any atom is -0.320 e. The molecule has 0 saturated carbocycles. The van der Waals surface area contributed by atoms with E-state index in [0.717, 1.165) is 13.0 Å². The molecule has 0 amide bonds. The monoisotopic (exact) mass is 198 g/mol. The molecular weight excluding hydrogens is 174 g/mol. The fourth-order valence-corrected chi connectivity index (χ4v) is 1.56. The van der Waals surface area contributed by atoms with Gasteiger partial charge in [0.25, 0.3) is 0 Å². The normalized spacial score (nSPS) is 10.4. The Balaban J connectivity index is 2.81. The topological polar surface area (TPSA) is 29.1 Å². The second-order valence-corrected chi connectivity index (χ2v) is 3.83. The summed E-state index contributed by atoms with van der Waals surface area (Å²) < 4.78 is 0. The van der Waals surface area contributed by atoms with E-state index in [-0.39, 0.29) is 0 Å². The Morgan fingerprint density at radius 2 is 1.36 bits per heavy atom. The molecule has 0 aromatic carbocycles. The first-order valence-electron chi connectivity index (χ1n) is 5.91. The zero-order valence-corrected chi connectivity index (χ0v) is 9.48. The first-order chi connectivity index (χ1) is 6.91. The van der Waals surface area contributed by atoms with Gasteiger partial charge in [0.15, 0.2) is 6.29 Å². The van der Waals surface area contributed by atoms with Crippen LogP contribution in [0, 0.1) is 0 Å². The van der Waals surface area contributed by atoms with Crippen molar-refractivity contribution in [3.8, 4) is 0 Å². The van der Waals surface area contributed by atoms with Crippen LogP contribution in [0.25, 0.3) is 0 Å². The Hall–Kier alpha value is -0.370. The first-order valence-corrected chi connectivity index (χ1v) is 5.91. The molecule has 0 aromatic heterocycles. The zero-order valence-electron chi connectivity index (χ0n) is 9.48. The van der Waals surface area contributed by atoms with Gasteiger partial charge in [-0.3, -0.25) is 4.79 Å². The van der Waals surface area contributed by atoms with Crippen molar-refractivity contribution >= 4 is 6.29 Å². The van der Waals surface area contributed by atoms with Gasteiger partial charge in [-0.25, -0.2) is 0 Å². The van der Waals surface area contributed by atoms with E-state index in [9.17, 15) is 4.79 Å². The van der Waals surface area contributed by atoms with E-state index in [1.807, 2.05) is 13.3 Å². The molecule has 0 atom stereocenters. The molecule has 0 bridgehead atoms. The summed E-state index contributed by atoms with van der Waals surface area (Å²) in [5, 5.41) is 3.16. The van der Waals surface area contributed by atoms with Crippen LogP contribution in [0.15, 0.2) is 0 Å². The van der Waals surface area contributed by atoms with Gasteiger partial charge < -0.3 is 5.32 Å². The molecule has 0 rings (SSSR count). The highest BCUT2D eigenvalue weighted by Gasteiger charge is 1.91. The van der Waals surface area contributed by atoms with Crippen LogP contribution < -0.4 is 5.32 Å². The predicted octanol–water partition coefficient (Wildman–Crippen LogP) is 2.83. The third-order valence-electron chi connectivity index (χ3n) is 2.46. The molecule has 0 fully saturated rings. The average Bonchev–Trinajstić information content (AvgIpc) is 2.21. The summed E-state index contributed by atoms with van der Waals surface area (Å²) in [4.78, 5) is 9.91. The summed E-state index contributed by atoms with van der Waals surface area (Å²) in [6, 6.07) is 0. The molecule has 2 nitrogen and oxygen atoms in total. The largest absolute Gasteiger partial charge is 0.320 e. The van der Waals surface area contributed by atoms with Gasteiger partial charge in [0.2, 0.25) is 0 Å². The van der Waals surface area contributed by atoms with E-state index in [2.05, 4.69) is 5.32 Å². The highest BCUT2D eigenvalue weighted by molar-refractivity contribution is 5.50. The molecule has 0 unspecified atom stereocenters. The molecular formula is C12H24NO. The van der Waals surface area contributed by atoms with Crippen molar-refractivity contribution in [2.45, 2.75) is 57.8 Å². The Kier molecular flexibility index (Phi) is 12.3. The molecule has 0 heterocycles. The van der Waals surface area contributed by atoms with Crippen molar-refractivity contribution in [2.75, 3.05) is 13.6 Å². The molecule has 14 heavy (non-hydrogen) atoms. The highest BCUT2D eigenvalue weighted by Crippen LogP contribution is 2.08. The van der Waals surface area contributed by atoms with Crippen molar-refractivity contribution in [1.82, 2.24) is 5.32 Å². The van der Waals surface area contributed by atoms with Crippen LogP contribution in [0.2, 0.25) is 0 Å². The average molecular weight is 198 g/mol. The van der Waals surface area contributed by atoms with Crippen molar-refractivity contribution in [1.29, 1.82) is 0 Å². The molecule has 0 aliphatic rings. The summed E-state index contributed by atoms with van der Waals surface area (Å²) in [6.45, 7) is 1.15. The Labute approximate surface area is 88.5 Å². The molecule has 1 N–H and O–H groups in total. The maximum atomic E-state index is 9.91. The molecule has 0 aromatic rings. The molecule has 0 aliphatic heterocycles. The van der Waals surface area contributed by atoms with Gasteiger partial charge in [0.05, 0.1) is 0 Å². The van der Waals surface area contributed by atoms with Crippen LogP contribution in [-0.2, 0) is 4.79 Å². The summed E-state index contributed by atoms with van der Waals surface area (Å²) in [5.74, 6) is 0. The maximum Gasteiger partial charge on any atom is 0.198 e. The van der Waals surface area contributed by atoms with Gasteiger partial charge in [0, 0.05) is 6.42 Å². The standard InChI is InChI=1S/C12H24NO/c1-13-11-9-7-5-3-2-4-6-8-10-12-14/h13H,2-11H2,1H3. The van der Waals surface area contributed by atoms with Gasteiger partial charge in [0.1, 0.15) is 0 Å². The van der Waals surface area contributed by atoms with Crippen molar-refractivity contribution in [2.24, 2.45) is 0 Å². The lowest BCUT2D eigenvalue weighted by molar-refractivity contribution is 0.537. The molecule has 2 heteroatoms. The van der Waals surface area contributed by atoms with Gasteiger partial charge in [-0.05, 0) is 26.4 Å². The van der Waals surface area contributed by atoms with Crippen LogP contribution in [0.5, 0.6) is 0 Å². The lowest BCUT2D eigenvalue weighted by atomic mass is 10.1. The third-order valence-corrected chi connectivity index (χ3v) is 2.46. The van der Waals surface area contributed by atoms with Crippen LogP contribution in [0.4, 0.5) is 0 Å². The van der Waals surface area contributed by atoms with E-state index >= 15 is 0 Å². The Morgan fingerprint density at radius 1 is 0.857 bits per heavy atom. The summed E-state index contributed by atoms with van der Waals surface area (Å²) in [7, 11) is 2.00. The molecule has 0 saturated heterocycles. The first kappa shape index (κ1) is 13.6. The molecule has 83 valence electrons. The summed E-state index contributed by atoms with van der Waals surface area (Å²) in [6.07, 6.45) is 12.8. The Bertz CT molecular complexity index is 115. The predicted molar refractivity (Wildman–Crippen MR) is 61.2 cm³/mol. The van der Waals surface area contributed by atoms with E-state index in [4.69, 9.17) is 0 Å². The fraction of sp³-hybridized carbons (Fsp3) is 0.917. The van der Waals surface area contributed by atoms with Crippen molar-refractivity contribution < 1.29 is 4.79 Å². The van der Waals surface area contributed by atoms with E-state index in [1.54, 1.807) is 0 Å². The highest BCUT2D eigenvalue weighted by atomic mass is 16.1. The minimum atomic E-state index is 0.627. The minimum absolute atomic E-state index is 0.627. The van der Waals surface area contributed by atoms with Gasteiger partial charge in [-0.15, -0.1) is 0 Å². The van der Waals surface area contributed by atoms with Crippen molar-refractivity contribution in [3.05, 3.63) is 0 Å². The number of carbonyl (C=O) groups excluding carboxylic acids is 1. The maximum absolute atomic E-state index is 9.91. The van der Waals surface area contributed by atoms with Gasteiger partial charge >= 0.3 is 0 Å².